The van der Waals surface area contributed by atoms with Crippen molar-refractivity contribution in [1.82, 2.24) is 0 Å². The van der Waals surface area contributed by atoms with Crippen LogP contribution in [0.3, 0.4) is 0 Å². The van der Waals surface area contributed by atoms with Crippen LogP contribution >= 0.6 is 70.6 Å². The molecule has 2 aliphatic heterocycles. The first-order chi connectivity index (χ1) is 21.5. The van der Waals surface area contributed by atoms with Crippen molar-refractivity contribution in [3.05, 3.63) is 60.7 Å². The van der Waals surface area contributed by atoms with Gasteiger partial charge in [-0.2, -0.15) is 23.5 Å². The SMILES string of the molecule is C=CC(=O)OC(COOCc1cccc(C(=O)OCC(CSCCC2SCCS2)OC(=O)C=C)c1)CSCCC1SCCS1. The molecule has 2 fully saturated rings. The molecule has 0 aromatic heterocycles. The molecule has 3 rings (SSSR count). The largest absolute Gasteiger partial charge is 0.458 e. The highest BCUT2D eigenvalue weighted by atomic mass is 32.2. The quantitative estimate of drug-likeness (QED) is 0.0333. The summed E-state index contributed by atoms with van der Waals surface area (Å²) in [4.78, 5) is 47.1. The maximum absolute atomic E-state index is 12.8. The number of carbonyl (C=O) groups is 3. The van der Waals surface area contributed by atoms with Gasteiger partial charge in [0.1, 0.15) is 32.0 Å². The van der Waals surface area contributed by atoms with Crippen LogP contribution < -0.4 is 0 Å². The van der Waals surface area contributed by atoms with Gasteiger partial charge in [0.05, 0.1) is 14.7 Å². The van der Waals surface area contributed by atoms with Crippen molar-refractivity contribution >= 4 is 88.5 Å². The molecule has 0 amide bonds. The molecular weight excluding hydrogens is 681 g/mol. The average Bonchev–Trinajstić information content (AvgIpc) is 3.76. The molecule has 44 heavy (non-hydrogen) atoms. The minimum absolute atomic E-state index is 0.0522. The van der Waals surface area contributed by atoms with E-state index in [1.807, 2.05) is 47.0 Å². The molecule has 2 atom stereocenters. The van der Waals surface area contributed by atoms with Gasteiger partial charge in [0.2, 0.25) is 0 Å². The Morgan fingerprint density at radius 2 is 1.36 bits per heavy atom. The Bertz CT molecular complexity index is 1050. The Morgan fingerprint density at radius 3 is 1.91 bits per heavy atom. The third kappa shape index (κ3) is 15.6. The molecule has 1 aromatic rings. The molecule has 2 aliphatic rings. The summed E-state index contributed by atoms with van der Waals surface area (Å²) in [6.07, 6.45) is 3.39. The highest BCUT2D eigenvalue weighted by molar-refractivity contribution is 8.20. The van der Waals surface area contributed by atoms with Gasteiger partial charge in [-0.1, -0.05) is 25.3 Å². The zero-order chi connectivity index (χ0) is 31.4. The van der Waals surface area contributed by atoms with E-state index in [0.29, 0.717) is 31.8 Å². The van der Waals surface area contributed by atoms with Gasteiger partial charge in [-0.05, 0) is 42.0 Å². The van der Waals surface area contributed by atoms with Gasteiger partial charge < -0.3 is 14.2 Å². The number of carbonyl (C=O) groups excluding carboxylic acids is 3. The average molecular weight is 721 g/mol. The van der Waals surface area contributed by atoms with Crippen LogP contribution in [0.2, 0.25) is 0 Å². The minimum atomic E-state index is -0.569. The molecule has 0 radical (unpaired) electrons. The van der Waals surface area contributed by atoms with E-state index in [2.05, 4.69) is 13.2 Å². The van der Waals surface area contributed by atoms with Crippen LogP contribution in [0.5, 0.6) is 0 Å². The number of benzene rings is 1. The number of thioether (sulfide) groups is 6. The smallest absolute Gasteiger partial charge is 0.338 e. The predicted molar refractivity (Wildman–Crippen MR) is 189 cm³/mol. The summed E-state index contributed by atoms with van der Waals surface area (Å²) in [5.74, 6) is 6.27. The van der Waals surface area contributed by atoms with E-state index in [1.54, 1.807) is 47.8 Å². The lowest BCUT2D eigenvalue weighted by molar-refractivity contribution is -0.313. The Labute approximate surface area is 286 Å². The van der Waals surface area contributed by atoms with E-state index in [9.17, 15) is 14.4 Å². The molecule has 0 saturated carbocycles. The Kier molecular flexibility index (Phi) is 19.3. The van der Waals surface area contributed by atoms with Crippen LogP contribution in [-0.4, -0.2) is 98.5 Å². The van der Waals surface area contributed by atoms with E-state index < -0.39 is 30.1 Å². The van der Waals surface area contributed by atoms with Gasteiger partial charge in [0, 0.05) is 46.7 Å². The Balaban J connectivity index is 1.39. The van der Waals surface area contributed by atoms with Gasteiger partial charge >= 0.3 is 17.9 Å². The molecule has 2 heterocycles. The van der Waals surface area contributed by atoms with Crippen LogP contribution in [0, 0.1) is 0 Å². The van der Waals surface area contributed by atoms with Gasteiger partial charge in [-0.3, -0.25) is 0 Å². The summed E-state index contributed by atoms with van der Waals surface area (Å²) >= 11 is 11.4. The molecule has 14 heteroatoms. The van der Waals surface area contributed by atoms with E-state index in [-0.39, 0.29) is 19.8 Å². The van der Waals surface area contributed by atoms with Crippen molar-refractivity contribution in [3.63, 3.8) is 0 Å². The van der Waals surface area contributed by atoms with Crippen molar-refractivity contribution in [2.24, 2.45) is 0 Å². The van der Waals surface area contributed by atoms with Crippen molar-refractivity contribution in [2.75, 3.05) is 59.2 Å². The third-order valence-electron chi connectivity index (χ3n) is 6.01. The summed E-state index contributed by atoms with van der Waals surface area (Å²) in [5.41, 5.74) is 1.04. The second-order valence-corrected chi connectivity index (χ2v) is 17.6. The fourth-order valence-electron chi connectivity index (χ4n) is 3.87. The Hall–Kier alpha value is -0.870. The molecule has 1 aromatic carbocycles. The monoisotopic (exact) mass is 720 g/mol. The summed E-state index contributed by atoms with van der Waals surface area (Å²) in [5, 5.41) is 0. The van der Waals surface area contributed by atoms with Gasteiger partial charge in [-0.15, -0.1) is 47.0 Å². The highest BCUT2D eigenvalue weighted by Crippen LogP contribution is 2.35. The molecule has 0 spiro atoms. The molecular formula is C30H40O8S6. The molecule has 8 nitrogen and oxygen atoms in total. The van der Waals surface area contributed by atoms with Crippen LogP contribution in [0.25, 0.3) is 0 Å². The molecule has 0 N–H and O–H groups in total. The van der Waals surface area contributed by atoms with Crippen molar-refractivity contribution < 1.29 is 38.4 Å². The maximum atomic E-state index is 12.8. The lowest BCUT2D eigenvalue weighted by atomic mass is 10.1. The first-order valence-corrected chi connectivity index (χ1v) is 20.8. The Morgan fingerprint density at radius 1 is 0.818 bits per heavy atom. The molecule has 0 bridgehead atoms. The molecule has 0 aliphatic carbocycles. The number of hydrogen-bond acceptors (Lipinski definition) is 14. The minimum Gasteiger partial charge on any atom is -0.458 e. The van der Waals surface area contributed by atoms with E-state index in [4.69, 9.17) is 24.0 Å². The number of esters is 3. The zero-order valence-corrected chi connectivity index (χ0v) is 29.5. The second kappa shape index (κ2) is 22.6. The number of rotatable bonds is 22. The van der Waals surface area contributed by atoms with Crippen LogP contribution in [0.1, 0.15) is 28.8 Å². The zero-order valence-electron chi connectivity index (χ0n) is 24.6. The van der Waals surface area contributed by atoms with Crippen molar-refractivity contribution in [3.8, 4) is 0 Å². The summed E-state index contributed by atoms with van der Waals surface area (Å²) in [6.45, 7) is 7.02. The highest BCUT2D eigenvalue weighted by Gasteiger charge is 2.20. The molecule has 2 saturated heterocycles. The lowest BCUT2D eigenvalue weighted by Gasteiger charge is -2.18. The van der Waals surface area contributed by atoms with Gasteiger partial charge in [0.25, 0.3) is 0 Å². The van der Waals surface area contributed by atoms with Crippen molar-refractivity contribution in [2.45, 2.75) is 40.8 Å². The fraction of sp³-hybridized carbons (Fsp3) is 0.567. The first-order valence-electron chi connectivity index (χ1n) is 14.2. The normalized spacial score (nSPS) is 16.7. The predicted octanol–water partition coefficient (Wildman–Crippen LogP) is 6.35. The molecule has 244 valence electrons. The van der Waals surface area contributed by atoms with E-state index in [1.165, 1.54) is 23.0 Å². The standard InChI is InChI=1S/C30H40O8S6/c1-3-26(31)37-24(20-39-10-8-28-41-12-13-42-28)18-34-30(33)23-7-5-6-22(16-23)17-35-36-19-25(38-27(32)4-2)21-40-11-9-29-43-14-15-44-29/h3-7,16,24-25,28-29H,1-2,8-15,17-21H2. The summed E-state index contributed by atoms with van der Waals surface area (Å²) in [6, 6.07) is 6.84. The van der Waals surface area contributed by atoms with Crippen molar-refractivity contribution in [1.29, 1.82) is 0 Å². The summed E-state index contributed by atoms with van der Waals surface area (Å²) < 4.78 is 17.6. The number of hydrogen-bond donors (Lipinski definition) is 0. The van der Waals surface area contributed by atoms with Gasteiger partial charge in [0.15, 0.2) is 0 Å². The fourth-order valence-corrected chi connectivity index (χ4v) is 12.1. The second-order valence-electron chi connectivity index (χ2n) is 9.44. The topological polar surface area (TPSA) is 97.4 Å². The van der Waals surface area contributed by atoms with Crippen LogP contribution in [-0.2, 0) is 40.2 Å². The first kappa shape index (κ1) is 37.6. The van der Waals surface area contributed by atoms with E-state index in [0.717, 1.165) is 36.5 Å². The maximum Gasteiger partial charge on any atom is 0.338 e. The third-order valence-corrected chi connectivity index (χ3v) is 14.6. The van der Waals surface area contributed by atoms with Crippen LogP contribution in [0.15, 0.2) is 49.6 Å². The number of ether oxygens (including phenoxy) is 3. The van der Waals surface area contributed by atoms with Crippen LogP contribution in [0.4, 0.5) is 0 Å². The lowest BCUT2D eigenvalue weighted by Crippen LogP contribution is -2.27. The van der Waals surface area contributed by atoms with E-state index >= 15 is 0 Å². The summed E-state index contributed by atoms with van der Waals surface area (Å²) in [7, 11) is 0. The molecule has 2 unspecified atom stereocenters. The van der Waals surface area contributed by atoms with Gasteiger partial charge in [-0.25, -0.2) is 24.2 Å².